The number of hydrogen-bond acceptors (Lipinski definition) is 4. The number of ether oxygens (including phenoxy) is 1. The summed E-state index contributed by atoms with van der Waals surface area (Å²) in [6.07, 6.45) is 1.02. The summed E-state index contributed by atoms with van der Waals surface area (Å²) >= 11 is 12.1. The quantitative estimate of drug-likeness (QED) is 0.665. The molecule has 0 radical (unpaired) electrons. The van der Waals surface area contributed by atoms with E-state index in [1.165, 1.54) is 0 Å². The molecular formula is C21H28ClN3O2S. The number of benzene rings is 1. The summed E-state index contributed by atoms with van der Waals surface area (Å²) in [5, 5.41) is 4.63. The second-order valence-electron chi connectivity index (χ2n) is 7.15. The molecule has 1 aliphatic rings. The highest BCUT2D eigenvalue weighted by Gasteiger charge is 2.16. The Balaban J connectivity index is 1.62. The van der Waals surface area contributed by atoms with Crippen molar-refractivity contribution < 1.29 is 9.15 Å². The number of morpholine rings is 1. The highest BCUT2D eigenvalue weighted by atomic mass is 35.5. The Labute approximate surface area is 177 Å². The van der Waals surface area contributed by atoms with E-state index in [-0.39, 0.29) is 0 Å². The maximum Gasteiger partial charge on any atom is 0.173 e. The second kappa shape index (κ2) is 10.3. The number of nitrogens with zero attached hydrogens (tertiary/aromatic N) is 2. The van der Waals surface area contributed by atoms with Gasteiger partial charge in [-0.15, -0.1) is 0 Å². The minimum atomic E-state index is 0.631. The molecule has 1 saturated heterocycles. The molecule has 0 amide bonds. The predicted octanol–water partition coefficient (Wildman–Crippen LogP) is 4.47. The first-order valence-corrected chi connectivity index (χ1v) is 10.5. The zero-order valence-corrected chi connectivity index (χ0v) is 18.1. The molecule has 2 heterocycles. The first-order valence-electron chi connectivity index (χ1n) is 9.69. The van der Waals surface area contributed by atoms with Crippen molar-refractivity contribution in [2.75, 3.05) is 44.7 Å². The maximum absolute atomic E-state index is 6.37. The third-order valence-corrected chi connectivity index (χ3v) is 5.48. The molecule has 28 heavy (non-hydrogen) atoms. The Morgan fingerprint density at radius 3 is 2.68 bits per heavy atom. The van der Waals surface area contributed by atoms with E-state index in [0.29, 0.717) is 16.7 Å². The summed E-state index contributed by atoms with van der Waals surface area (Å²) in [6, 6.07) is 9.91. The number of nitrogens with one attached hydrogen (secondary N) is 1. The minimum Gasteiger partial charge on any atom is -0.464 e. The van der Waals surface area contributed by atoms with Crippen LogP contribution in [0.2, 0.25) is 5.02 Å². The molecule has 0 unspecified atom stereocenters. The van der Waals surface area contributed by atoms with Gasteiger partial charge in [0.05, 0.1) is 30.5 Å². The Morgan fingerprint density at radius 2 is 2.00 bits per heavy atom. The molecule has 0 saturated carbocycles. The van der Waals surface area contributed by atoms with E-state index in [2.05, 4.69) is 15.1 Å². The number of aryl methyl sites for hydroxylation is 2. The maximum atomic E-state index is 6.37. The van der Waals surface area contributed by atoms with E-state index in [9.17, 15) is 0 Å². The third kappa shape index (κ3) is 6.21. The van der Waals surface area contributed by atoms with Crippen LogP contribution < -0.4 is 5.32 Å². The van der Waals surface area contributed by atoms with Gasteiger partial charge in [-0.25, -0.2) is 0 Å². The van der Waals surface area contributed by atoms with Gasteiger partial charge < -0.3 is 19.4 Å². The van der Waals surface area contributed by atoms with E-state index < -0.39 is 0 Å². The molecule has 1 N–H and O–H groups in total. The van der Waals surface area contributed by atoms with Gasteiger partial charge in [0.25, 0.3) is 0 Å². The standard InChI is InChI=1S/C21H28ClN3O2S/c1-16-4-7-20(19(22)14-16)23-21(28)25(15-18-6-5-17(2)27-18)9-3-8-24-10-12-26-13-11-24/h4-7,14H,3,8-13,15H2,1-2H3,(H,23,28). The Bertz CT molecular complexity index is 790. The molecule has 0 aliphatic carbocycles. The normalized spacial score (nSPS) is 14.8. The molecule has 2 aromatic rings. The van der Waals surface area contributed by atoms with Gasteiger partial charge in [-0.05, 0) is 62.3 Å². The van der Waals surface area contributed by atoms with E-state index >= 15 is 0 Å². The average molecular weight is 422 g/mol. The zero-order valence-electron chi connectivity index (χ0n) is 16.5. The minimum absolute atomic E-state index is 0.631. The van der Waals surface area contributed by atoms with E-state index in [0.717, 1.165) is 68.6 Å². The fourth-order valence-electron chi connectivity index (χ4n) is 3.24. The van der Waals surface area contributed by atoms with Crippen LogP contribution in [0.1, 0.15) is 23.5 Å². The van der Waals surface area contributed by atoms with E-state index in [4.69, 9.17) is 33.0 Å². The van der Waals surface area contributed by atoms with Crippen molar-refractivity contribution in [3.8, 4) is 0 Å². The Morgan fingerprint density at radius 1 is 1.21 bits per heavy atom. The van der Waals surface area contributed by atoms with Crippen LogP contribution >= 0.6 is 23.8 Å². The summed E-state index contributed by atoms with van der Waals surface area (Å²) in [6.45, 7) is 10.1. The fraction of sp³-hybridized carbons (Fsp3) is 0.476. The second-order valence-corrected chi connectivity index (χ2v) is 7.95. The van der Waals surface area contributed by atoms with E-state index in [1.54, 1.807) is 0 Å². The van der Waals surface area contributed by atoms with Gasteiger partial charge >= 0.3 is 0 Å². The summed E-state index contributed by atoms with van der Waals surface area (Å²) < 4.78 is 11.2. The molecule has 5 nitrogen and oxygen atoms in total. The molecule has 3 rings (SSSR count). The molecule has 1 fully saturated rings. The Hall–Kier alpha value is -1.60. The van der Waals surface area contributed by atoms with E-state index in [1.807, 2.05) is 44.2 Å². The predicted molar refractivity (Wildman–Crippen MR) is 118 cm³/mol. The van der Waals surface area contributed by atoms with Gasteiger partial charge in [0, 0.05) is 26.2 Å². The third-order valence-electron chi connectivity index (χ3n) is 4.80. The smallest absolute Gasteiger partial charge is 0.173 e. The van der Waals surface area contributed by atoms with Crippen molar-refractivity contribution in [3.05, 3.63) is 52.4 Å². The average Bonchev–Trinajstić information content (AvgIpc) is 3.09. The topological polar surface area (TPSA) is 40.9 Å². The lowest BCUT2D eigenvalue weighted by Crippen LogP contribution is -2.40. The van der Waals surface area contributed by atoms with Crippen molar-refractivity contribution in [3.63, 3.8) is 0 Å². The first-order chi connectivity index (χ1) is 13.5. The molecule has 7 heteroatoms. The van der Waals surface area contributed by atoms with Gasteiger partial charge in [0.15, 0.2) is 5.11 Å². The highest BCUT2D eigenvalue weighted by molar-refractivity contribution is 7.80. The van der Waals surface area contributed by atoms with Crippen LogP contribution in [0.25, 0.3) is 0 Å². The van der Waals surface area contributed by atoms with Gasteiger partial charge in [-0.3, -0.25) is 4.90 Å². The van der Waals surface area contributed by atoms with Crippen LogP contribution in [0.3, 0.4) is 0 Å². The van der Waals surface area contributed by atoms with Gasteiger partial charge in [-0.1, -0.05) is 17.7 Å². The lowest BCUT2D eigenvalue weighted by molar-refractivity contribution is 0.0367. The largest absolute Gasteiger partial charge is 0.464 e. The summed E-state index contributed by atoms with van der Waals surface area (Å²) in [5.74, 6) is 1.81. The Kier molecular flexibility index (Phi) is 7.73. The van der Waals surface area contributed by atoms with Crippen molar-refractivity contribution in [2.24, 2.45) is 0 Å². The highest BCUT2D eigenvalue weighted by Crippen LogP contribution is 2.23. The SMILES string of the molecule is Cc1ccc(NC(=S)N(CCCN2CCOCC2)Cc2ccc(C)o2)c(Cl)c1. The van der Waals surface area contributed by atoms with Gasteiger partial charge in [0.1, 0.15) is 11.5 Å². The molecule has 1 aromatic heterocycles. The summed E-state index contributed by atoms with van der Waals surface area (Å²) in [7, 11) is 0. The van der Waals surface area contributed by atoms with Gasteiger partial charge in [-0.2, -0.15) is 0 Å². The lowest BCUT2D eigenvalue weighted by Gasteiger charge is -2.29. The van der Waals surface area contributed by atoms with Crippen LogP contribution in [-0.4, -0.2) is 54.3 Å². The van der Waals surface area contributed by atoms with Crippen LogP contribution in [0.4, 0.5) is 5.69 Å². The lowest BCUT2D eigenvalue weighted by atomic mass is 10.2. The first kappa shape index (κ1) is 21.1. The fourth-order valence-corrected chi connectivity index (χ4v) is 3.78. The molecule has 1 aliphatic heterocycles. The van der Waals surface area contributed by atoms with Crippen molar-refractivity contribution in [1.82, 2.24) is 9.80 Å². The zero-order chi connectivity index (χ0) is 19.9. The van der Waals surface area contributed by atoms with Crippen LogP contribution in [0.15, 0.2) is 34.7 Å². The molecule has 1 aromatic carbocycles. The molecule has 152 valence electrons. The molecule has 0 atom stereocenters. The van der Waals surface area contributed by atoms with Crippen LogP contribution in [0, 0.1) is 13.8 Å². The van der Waals surface area contributed by atoms with Gasteiger partial charge in [0.2, 0.25) is 0 Å². The van der Waals surface area contributed by atoms with Crippen LogP contribution in [0.5, 0.6) is 0 Å². The number of thiocarbonyl (C=S) groups is 1. The molecule has 0 bridgehead atoms. The number of rotatable bonds is 7. The van der Waals surface area contributed by atoms with Crippen molar-refractivity contribution >= 4 is 34.6 Å². The van der Waals surface area contributed by atoms with Crippen molar-refractivity contribution in [2.45, 2.75) is 26.8 Å². The van der Waals surface area contributed by atoms with Crippen LogP contribution in [-0.2, 0) is 11.3 Å². The number of hydrogen-bond donors (Lipinski definition) is 1. The summed E-state index contributed by atoms with van der Waals surface area (Å²) in [4.78, 5) is 4.58. The number of halogens is 1. The summed E-state index contributed by atoms with van der Waals surface area (Å²) in [5.41, 5.74) is 1.95. The number of anilines is 1. The molecule has 0 spiro atoms. The van der Waals surface area contributed by atoms with Crippen molar-refractivity contribution in [1.29, 1.82) is 0 Å². The monoisotopic (exact) mass is 421 g/mol. The number of furan rings is 1. The molecular weight excluding hydrogens is 394 g/mol.